The summed E-state index contributed by atoms with van der Waals surface area (Å²) < 4.78 is 163. The molecule has 0 aromatic carbocycles. The zero-order valence-corrected chi connectivity index (χ0v) is 19.2. The van der Waals surface area contributed by atoms with E-state index in [2.05, 4.69) is 0 Å². The van der Waals surface area contributed by atoms with Crippen LogP contribution in [0.5, 0.6) is 0 Å². The van der Waals surface area contributed by atoms with Gasteiger partial charge in [-0.2, -0.15) is 0 Å². The fourth-order valence-electron chi connectivity index (χ4n) is 3.65. The second kappa shape index (κ2) is 11.3. The van der Waals surface area contributed by atoms with Gasteiger partial charge in [0.15, 0.2) is 0 Å². The van der Waals surface area contributed by atoms with Crippen LogP contribution in [-0.2, 0) is 0 Å². The molecule has 0 aromatic rings. The Kier molecular flexibility index (Phi) is 11.2. The number of alkyl halides is 12. The van der Waals surface area contributed by atoms with E-state index in [4.69, 9.17) is 0 Å². The van der Waals surface area contributed by atoms with Crippen molar-refractivity contribution in [3.63, 3.8) is 0 Å². The van der Waals surface area contributed by atoms with Gasteiger partial charge in [0.1, 0.15) is 0 Å². The van der Waals surface area contributed by atoms with Crippen molar-refractivity contribution >= 4 is 7.26 Å². The summed E-state index contributed by atoms with van der Waals surface area (Å²) in [5.74, 6) is -34.6. The summed E-state index contributed by atoms with van der Waals surface area (Å²) in [5.41, 5.74) is 0. The maximum atomic E-state index is 14.6. The summed E-state index contributed by atoms with van der Waals surface area (Å²) in [5, 5.41) is 0. The third-order valence-corrected chi connectivity index (χ3v) is 11.2. The van der Waals surface area contributed by atoms with Crippen LogP contribution in [0, 0.1) is 0 Å². The van der Waals surface area contributed by atoms with E-state index in [0.717, 1.165) is 0 Å². The van der Waals surface area contributed by atoms with Gasteiger partial charge in [0.25, 0.3) is 0 Å². The Labute approximate surface area is 180 Å². The third kappa shape index (κ3) is 6.17. The van der Waals surface area contributed by atoms with Crippen LogP contribution in [0.25, 0.3) is 0 Å². The molecule has 32 heavy (non-hydrogen) atoms. The molecule has 0 N–H and O–H groups in total. The first-order chi connectivity index (χ1) is 14.3. The molecular formula is C19H31F12P. The fraction of sp³-hybridized carbons (Fsp3) is 1.00. The standard InChI is InChI=1S/C19H31F12P/c1-4-7-10-32(11-8-5-2,12-9-6-3)13-15(22,23)17(26,27)19(30,31)18(28,29)16(24,25)14(20)21/h14,32H,4-13H2,1-3H3. The summed E-state index contributed by atoms with van der Waals surface area (Å²) in [6, 6.07) is 0. The zero-order chi connectivity index (χ0) is 25.6. The van der Waals surface area contributed by atoms with Gasteiger partial charge in [0, 0.05) is 0 Å². The molecule has 0 spiro atoms. The first-order valence-electron chi connectivity index (χ1n) is 10.5. The van der Waals surface area contributed by atoms with Crippen LogP contribution in [0.1, 0.15) is 59.3 Å². The molecule has 0 saturated heterocycles. The molecule has 0 saturated carbocycles. The molecule has 0 fully saturated rings. The molecule has 0 aliphatic heterocycles. The Morgan fingerprint density at radius 3 is 1.19 bits per heavy atom. The van der Waals surface area contributed by atoms with Crippen LogP contribution in [0.15, 0.2) is 0 Å². The van der Waals surface area contributed by atoms with Crippen LogP contribution in [0.2, 0.25) is 0 Å². The van der Waals surface area contributed by atoms with Crippen molar-refractivity contribution in [3.05, 3.63) is 0 Å². The minimum absolute atomic E-state index is 0.0460. The van der Waals surface area contributed by atoms with Gasteiger partial charge in [-0.05, 0) is 0 Å². The van der Waals surface area contributed by atoms with Crippen molar-refractivity contribution in [3.8, 4) is 0 Å². The van der Waals surface area contributed by atoms with Crippen molar-refractivity contribution in [1.29, 1.82) is 0 Å². The predicted molar refractivity (Wildman–Crippen MR) is 103 cm³/mol. The van der Waals surface area contributed by atoms with Crippen molar-refractivity contribution in [2.45, 2.75) is 95.3 Å². The van der Waals surface area contributed by atoms with E-state index in [1.165, 1.54) is 0 Å². The van der Waals surface area contributed by atoms with Gasteiger partial charge in [-0.1, -0.05) is 0 Å². The molecule has 13 heteroatoms. The molecule has 196 valence electrons. The predicted octanol–water partition coefficient (Wildman–Crippen LogP) is 8.58. The quantitative estimate of drug-likeness (QED) is 0.142. The molecule has 0 amide bonds. The number of halogens is 12. The second-order valence-electron chi connectivity index (χ2n) is 8.34. The van der Waals surface area contributed by atoms with Crippen LogP contribution < -0.4 is 0 Å². The van der Waals surface area contributed by atoms with Crippen LogP contribution in [0.4, 0.5) is 52.7 Å². The Balaban J connectivity index is 6.36. The maximum absolute atomic E-state index is 14.6. The van der Waals surface area contributed by atoms with E-state index >= 15 is 0 Å². The zero-order valence-electron chi connectivity index (χ0n) is 18.2. The molecule has 0 nitrogen and oxygen atoms in total. The summed E-state index contributed by atoms with van der Waals surface area (Å²) in [4.78, 5) is 0. The Hall–Kier alpha value is -0.410. The number of unbranched alkanes of at least 4 members (excludes halogenated alkanes) is 3. The fourth-order valence-corrected chi connectivity index (χ4v) is 9.41. The minimum atomic E-state index is -7.43. The van der Waals surface area contributed by atoms with E-state index in [1.807, 2.05) is 0 Å². The van der Waals surface area contributed by atoms with Gasteiger partial charge >= 0.3 is 180 Å². The van der Waals surface area contributed by atoms with Crippen molar-refractivity contribution in [1.82, 2.24) is 0 Å². The third-order valence-electron chi connectivity index (χ3n) is 5.72. The molecule has 0 unspecified atom stereocenters. The molecule has 0 atom stereocenters. The molecular weight excluding hydrogens is 487 g/mol. The van der Waals surface area contributed by atoms with Gasteiger partial charge < -0.3 is 0 Å². The number of rotatable bonds is 16. The Morgan fingerprint density at radius 2 is 0.906 bits per heavy atom. The van der Waals surface area contributed by atoms with E-state index in [-0.39, 0.29) is 18.5 Å². The van der Waals surface area contributed by atoms with E-state index in [9.17, 15) is 52.7 Å². The van der Waals surface area contributed by atoms with Gasteiger partial charge in [0.2, 0.25) is 0 Å². The molecule has 0 aromatic heterocycles. The average molecular weight is 518 g/mol. The topological polar surface area (TPSA) is 0 Å². The molecule has 0 heterocycles. The normalized spacial score (nSPS) is 15.5. The molecule has 0 rings (SSSR count). The number of hydrogen-bond donors (Lipinski definition) is 0. The summed E-state index contributed by atoms with van der Waals surface area (Å²) in [7, 11) is -3.45. The van der Waals surface area contributed by atoms with Crippen LogP contribution in [-0.4, -0.2) is 60.7 Å². The van der Waals surface area contributed by atoms with E-state index in [1.54, 1.807) is 20.8 Å². The second-order valence-corrected chi connectivity index (χ2v) is 13.2. The van der Waals surface area contributed by atoms with E-state index < -0.39 is 49.5 Å². The number of hydrogen-bond acceptors (Lipinski definition) is 0. The van der Waals surface area contributed by atoms with Gasteiger partial charge in [-0.3, -0.25) is 0 Å². The molecule has 0 radical (unpaired) electrons. The van der Waals surface area contributed by atoms with Crippen LogP contribution >= 0.6 is 7.26 Å². The molecule has 0 aliphatic rings. The summed E-state index contributed by atoms with van der Waals surface area (Å²) in [6.45, 7) is 5.06. The Morgan fingerprint density at radius 1 is 0.562 bits per heavy atom. The summed E-state index contributed by atoms with van der Waals surface area (Å²) >= 11 is 0. The van der Waals surface area contributed by atoms with Crippen molar-refractivity contribution in [2.24, 2.45) is 0 Å². The van der Waals surface area contributed by atoms with Gasteiger partial charge in [-0.25, -0.2) is 0 Å². The average Bonchev–Trinajstić information content (AvgIpc) is 2.67. The van der Waals surface area contributed by atoms with Crippen molar-refractivity contribution in [2.75, 3.05) is 24.6 Å². The van der Waals surface area contributed by atoms with Crippen LogP contribution in [0.3, 0.4) is 0 Å². The molecule has 0 bridgehead atoms. The van der Waals surface area contributed by atoms with E-state index in [0.29, 0.717) is 38.5 Å². The van der Waals surface area contributed by atoms with Gasteiger partial charge in [0.05, 0.1) is 0 Å². The SMILES string of the molecule is CCCC[PH](CCCC)(CCCC)CC(F)(F)C(F)(F)C(F)(F)C(F)(F)C(F)(F)C(F)F. The van der Waals surface area contributed by atoms with Gasteiger partial charge in [-0.15, -0.1) is 0 Å². The monoisotopic (exact) mass is 518 g/mol. The summed E-state index contributed by atoms with van der Waals surface area (Å²) in [6.07, 6.45) is -4.78. The van der Waals surface area contributed by atoms with Crippen molar-refractivity contribution < 1.29 is 52.7 Å². The first-order valence-corrected chi connectivity index (χ1v) is 13.3. The molecule has 0 aliphatic carbocycles. The first kappa shape index (κ1) is 31.6. The Bertz CT molecular complexity index is 541.